The minimum Gasteiger partial charge on any atom is -0.258 e. The van der Waals surface area contributed by atoms with Crippen LogP contribution in [0.4, 0.5) is 0 Å². The summed E-state index contributed by atoms with van der Waals surface area (Å²) in [6, 6.07) is 0.587. The summed E-state index contributed by atoms with van der Waals surface area (Å²) in [6.07, 6.45) is 19.5. The van der Waals surface area contributed by atoms with Gasteiger partial charge in [0.15, 0.2) is 0 Å². The van der Waals surface area contributed by atoms with Gasteiger partial charge < -0.3 is 0 Å². The zero-order valence-corrected chi connectivity index (χ0v) is 15.4. The van der Waals surface area contributed by atoms with Crippen molar-refractivity contribution >= 4 is 0 Å². The maximum atomic E-state index is 3.68. The van der Waals surface area contributed by atoms with E-state index in [1.807, 2.05) is 12.2 Å². The minimum atomic E-state index is 0.587. The van der Waals surface area contributed by atoms with Gasteiger partial charge in [-0.25, -0.2) is 0 Å². The summed E-state index contributed by atoms with van der Waals surface area (Å²) in [7, 11) is 0. The van der Waals surface area contributed by atoms with Crippen LogP contribution in [0.5, 0.6) is 0 Å². The Labute approximate surface area is 139 Å². The molecule has 0 bridgehead atoms. The molecule has 0 aromatic rings. The Morgan fingerprint density at radius 2 is 1.50 bits per heavy atom. The summed E-state index contributed by atoms with van der Waals surface area (Å²) < 4.78 is 0. The highest BCUT2D eigenvalue weighted by molar-refractivity contribution is 4.96. The fraction of sp³-hybridized carbons (Fsp3) is 0.800. The van der Waals surface area contributed by atoms with E-state index in [0.29, 0.717) is 6.04 Å². The van der Waals surface area contributed by atoms with Crippen LogP contribution in [-0.4, -0.2) is 12.6 Å². The molecule has 0 radical (unpaired) electrons. The van der Waals surface area contributed by atoms with Crippen molar-refractivity contribution in [3.63, 3.8) is 0 Å². The van der Waals surface area contributed by atoms with Crippen molar-refractivity contribution in [3.8, 4) is 0 Å². The van der Waals surface area contributed by atoms with E-state index < -0.39 is 0 Å². The molecule has 130 valence electrons. The maximum absolute atomic E-state index is 3.68. The topological polar surface area (TPSA) is 24.1 Å². The van der Waals surface area contributed by atoms with E-state index in [2.05, 4.69) is 44.3 Å². The Balaban J connectivity index is 3.18. The van der Waals surface area contributed by atoms with E-state index in [4.69, 9.17) is 0 Å². The SMILES string of the molecule is C=C/C=C\CCCCCCCCCC(C)NNCCC(C)C. The van der Waals surface area contributed by atoms with Gasteiger partial charge in [0.25, 0.3) is 0 Å². The summed E-state index contributed by atoms with van der Waals surface area (Å²) in [4.78, 5) is 0. The van der Waals surface area contributed by atoms with Crippen LogP contribution in [0, 0.1) is 5.92 Å². The molecule has 0 amide bonds. The van der Waals surface area contributed by atoms with Crippen LogP contribution < -0.4 is 10.9 Å². The van der Waals surface area contributed by atoms with Gasteiger partial charge in [-0.15, -0.1) is 0 Å². The van der Waals surface area contributed by atoms with Crippen LogP contribution in [0.2, 0.25) is 0 Å². The van der Waals surface area contributed by atoms with Crippen molar-refractivity contribution in [2.75, 3.05) is 6.54 Å². The van der Waals surface area contributed by atoms with Crippen LogP contribution in [-0.2, 0) is 0 Å². The molecule has 1 unspecified atom stereocenters. The summed E-state index contributed by atoms with van der Waals surface area (Å²) >= 11 is 0. The number of hydrogen-bond donors (Lipinski definition) is 2. The lowest BCUT2D eigenvalue weighted by atomic mass is 10.1. The summed E-state index contributed by atoms with van der Waals surface area (Å²) in [5, 5.41) is 0. The summed E-state index contributed by atoms with van der Waals surface area (Å²) in [6.45, 7) is 11.6. The highest BCUT2D eigenvalue weighted by atomic mass is 15.4. The second-order valence-electron chi connectivity index (χ2n) is 6.87. The molecule has 2 nitrogen and oxygen atoms in total. The minimum absolute atomic E-state index is 0.587. The predicted molar refractivity (Wildman–Crippen MR) is 101 cm³/mol. The van der Waals surface area contributed by atoms with Gasteiger partial charge in [-0.2, -0.15) is 0 Å². The molecule has 0 heterocycles. The Hall–Kier alpha value is -0.600. The Bertz CT molecular complexity index is 258. The molecule has 0 saturated heterocycles. The normalized spacial score (nSPS) is 13.1. The zero-order chi connectivity index (χ0) is 16.5. The molecular weight excluding hydrogens is 268 g/mol. The fourth-order valence-electron chi connectivity index (χ4n) is 2.47. The molecule has 2 heteroatoms. The number of rotatable bonds is 16. The molecule has 0 aromatic heterocycles. The number of hydrogen-bond acceptors (Lipinski definition) is 2. The van der Waals surface area contributed by atoms with Gasteiger partial charge in [-0.3, -0.25) is 10.9 Å². The average Bonchev–Trinajstić information content (AvgIpc) is 2.49. The second kappa shape index (κ2) is 16.8. The van der Waals surface area contributed by atoms with Crippen LogP contribution in [0.15, 0.2) is 24.8 Å². The van der Waals surface area contributed by atoms with Crippen LogP contribution in [0.1, 0.15) is 85.0 Å². The number of unbranched alkanes of at least 4 members (excludes halogenated alkanes) is 7. The number of allylic oxidation sites excluding steroid dienone is 3. The Morgan fingerprint density at radius 1 is 0.864 bits per heavy atom. The smallest absolute Gasteiger partial charge is 0.0184 e. The van der Waals surface area contributed by atoms with Gasteiger partial charge in [0, 0.05) is 12.6 Å². The average molecular weight is 309 g/mol. The van der Waals surface area contributed by atoms with Gasteiger partial charge in [0.05, 0.1) is 0 Å². The standard InChI is InChI=1S/C20H40N2/c1-5-6-7-8-9-10-11-12-13-14-15-16-20(4)22-21-18-17-19(2)3/h5-7,19-22H,1,8-18H2,2-4H3/b7-6-. The number of hydrazine groups is 1. The highest BCUT2D eigenvalue weighted by Gasteiger charge is 2.01. The molecule has 1 atom stereocenters. The lowest BCUT2D eigenvalue weighted by Gasteiger charge is -2.15. The van der Waals surface area contributed by atoms with Crippen LogP contribution >= 0.6 is 0 Å². The molecular formula is C20H40N2. The van der Waals surface area contributed by atoms with Gasteiger partial charge >= 0.3 is 0 Å². The predicted octanol–water partition coefficient (Wildman–Crippen LogP) is 5.77. The fourth-order valence-corrected chi connectivity index (χ4v) is 2.47. The molecule has 0 spiro atoms. The van der Waals surface area contributed by atoms with Gasteiger partial charge in [0.1, 0.15) is 0 Å². The Morgan fingerprint density at radius 3 is 2.14 bits per heavy atom. The zero-order valence-electron chi connectivity index (χ0n) is 15.4. The van der Waals surface area contributed by atoms with E-state index in [9.17, 15) is 0 Å². The van der Waals surface area contributed by atoms with Gasteiger partial charge in [-0.05, 0) is 38.5 Å². The van der Waals surface area contributed by atoms with Crippen LogP contribution in [0.25, 0.3) is 0 Å². The van der Waals surface area contributed by atoms with Gasteiger partial charge in [0.2, 0.25) is 0 Å². The van der Waals surface area contributed by atoms with Crippen molar-refractivity contribution in [1.29, 1.82) is 0 Å². The lowest BCUT2D eigenvalue weighted by molar-refractivity contribution is 0.398. The third-order valence-corrected chi connectivity index (χ3v) is 3.98. The first-order chi connectivity index (χ1) is 10.7. The molecule has 22 heavy (non-hydrogen) atoms. The van der Waals surface area contributed by atoms with Crippen molar-refractivity contribution < 1.29 is 0 Å². The first-order valence-corrected chi connectivity index (χ1v) is 9.42. The van der Waals surface area contributed by atoms with E-state index in [-0.39, 0.29) is 0 Å². The molecule has 0 aliphatic carbocycles. The molecule has 0 aromatic carbocycles. The first kappa shape index (κ1) is 21.4. The van der Waals surface area contributed by atoms with E-state index in [1.165, 1.54) is 64.2 Å². The molecule has 0 fully saturated rings. The third kappa shape index (κ3) is 17.5. The summed E-state index contributed by atoms with van der Waals surface area (Å²) in [5.74, 6) is 0.780. The monoisotopic (exact) mass is 308 g/mol. The van der Waals surface area contributed by atoms with E-state index in [1.54, 1.807) is 0 Å². The highest BCUT2D eigenvalue weighted by Crippen LogP contribution is 2.10. The third-order valence-electron chi connectivity index (χ3n) is 3.98. The molecule has 2 N–H and O–H groups in total. The molecule has 0 aliphatic rings. The van der Waals surface area contributed by atoms with E-state index >= 15 is 0 Å². The second-order valence-corrected chi connectivity index (χ2v) is 6.87. The quantitative estimate of drug-likeness (QED) is 0.215. The van der Waals surface area contributed by atoms with E-state index in [0.717, 1.165) is 12.5 Å². The molecule has 0 rings (SSSR count). The van der Waals surface area contributed by atoms with Crippen LogP contribution in [0.3, 0.4) is 0 Å². The Kier molecular flexibility index (Phi) is 16.3. The molecule has 0 aliphatic heterocycles. The van der Waals surface area contributed by atoms with Crippen molar-refractivity contribution in [2.24, 2.45) is 5.92 Å². The largest absolute Gasteiger partial charge is 0.258 e. The summed E-state index contributed by atoms with van der Waals surface area (Å²) in [5.41, 5.74) is 6.75. The maximum Gasteiger partial charge on any atom is 0.0184 e. The molecule has 0 saturated carbocycles. The first-order valence-electron chi connectivity index (χ1n) is 9.42. The van der Waals surface area contributed by atoms with Crippen molar-refractivity contribution in [3.05, 3.63) is 24.8 Å². The number of nitrogens with one attached hydrogen (secondary N) is 2. The van der Waals surface area contributed by atoms with Gasteiger partial charge in [-0.1, -0.05) is 77.2 Å². The lowest BCUT2D eigenvalue weighted by Crippen LogP contribution is -2.39. The van der Waals surface area contributed by atoms with Crippen molar-refractivity contribution in [1.82, 2.24) is 10.9 Å². The van der Waals surface area contributed by atoms with Crippen molar-refractivity contribution in [2.45, 2.75) is 91.0 Å².